The molecule has 0 spiro atoms. The second-order valence-electron chi connectivity index (χ2n) is 11.0. The smallest absolute Gasteiger partial charge is 0.229 e. The van der Waals surface area contributed by atoms with Crippen molar-refractivity contribution >= 4 is 29.9 Å². The first kappa shape index (κ1) is 26.8. The van der Waals surface area contributed by atoms with Gasteiger partial charge < -0.3 is 16.4 Å². The summed E-state index contributed by atoms with van der Waals surface area (Å²) in [6.07, 6.45) is 5.55. The van der Waals surface area contributed by atoms with Gasteiger partial charge in [0.15, 0.2) is 5.82 Å². The second-order valence-corrected chi connectivity index (χ2v) is 11.0. The lowest BCUT2D eigenvalue weighted by Gasteiger charge is -2.33. The third-order valence-electron chi connectivity index (χ3n) is 8.26. The number of aryl methyl sites for hydroxylation is 2. The number of fused-ring (bicyclic) bond motifs is 2. The monoisotopic (exact) mass is 534 g/mol. The lowest BCUT2D eigenvalue weighted by molar-refractivity contribution is 0.191. The minimum absolute atomic E-state index is 0. The molecule has 0 bridgehead atoms. The molecule has 0 radical (unpaired) electrons. The van der Waals surface area contributed by atoms with Crippen LogP contribution in [0.25, 0.3) is 0 Å². The van der Waals surface area contributed by atoms with E-state index < -0.39 is 5.66 Å². The minimum atomic E-state index is -0.873. The topological polar surface area (TPSA) is 94.4 Å². The third-order valence-corrected chi connectivity index (χ3v) is 8.26. The molecule has 1 fully saturated rings. The zero-order chi connectivity index (χ0) is 25.6. The summed E-state index contributed by atoms with van der Waals surface area (Å²) < 4.78 is 0. The van der Waals surface area contributed by atoms with Gasteiger partial charge in [0, 0.05) is 38.6 Å². The quantitative estimate of drug-likeness (QED) is 0.393. The molecule has 6 rings (SSSR count). The molecule has 3 aliphatic heterocycles. The first-order valence-corrected chi connectivity index (χ1v) is 13.5. The van der Waals surface area contributed by atoms with Crippen molar-refractivity contribution in [3.8, 4) is 0 Å². The number of aromatic nitrogens is 2. The average Bonchev–Trinajstić information content (AvgIpc) is 3.14. The molecule has 0 amide bonds. The zero-order valence-corrected chi connectivity index (χ0v) is 23.4. The third kappa shape index (κ3) is 4.99. The van der Waals surface area contributed by atoms with Gasteiger partial charge in [0.2, 0.25) is 5.95 Å². The molecule has 38 heavy (non-hydrogen) atoms. The highest BCUT2D eigenvalue weighted by Crippen LogP contribution is 2.39. The van der Waals surface area contributed by atoms with Gasteiger partial charge in [-0.15, -0.1) is 12.4 Å². The molecule has 1 unspecified atom stereocenters. The van der Waals surface area contributed by atoms with Crippen molar-refractivity contribution in [2.75, 3.05) is 43.6 Å². The normalized spacial score (nSPS) is 21.5. The lowest BCUT2D eigenvalue weighted by Crippen LogP contribution is -2.52. The molecule has 5 N–H and O–H groups in total. The summed E-state index contributed by atoms with van der Waals surface area (Å²) in [7, 11) is 1.95. The van der Waals surface area contributed by atoms with Gasteiger partial charge in [0.1, 0.15) is 5.66 Å². The van der Waals surface area contributed by atoms with Crippen LogP contribution in [0.2, 0.25) is 0 Å². The van der Waals surface area contributed by atoms with Crippen LogP contribution in [0.5, 0.6) is 0 Å². The van der Waals surface area contributed by atoms with E-state index in [-0.39, 0.29) is 12.4 Å². The number of nitrogens with one attached hydrogen (secondary N) is 3. The van der Waals surface area contributed by atoms with Crippen LogP contribution in [0, 0.1) is 19.8 Å². The van der Waals surface area contributed by atoms with E-state index in [1.54, 1.807) is 0 Å². The molecule has 0 saturated carbocycles. The highest BCUT2D eigenvalue weighted by atomic mass is 35.5. The van der Waals surface area contributed by atoms with E-state index in [9.17, 15) is 0 Å². The number of hydrazine groups is 1. The molecule has 4 heterocycles. The van der Waals surface area contributed by atoms with Gasteiger partial charge in [0.25, 0.3) is 0 Å². The van der Waals surface area contributed by atoms with Crippen LogP contribution in [0.1, 0.15) is 46.2 Å². The Hall–Kier alpha value is -2.75. The van der Waals surface area contributed by atoms with E-state index in [1.165, 1.54) is 30.5 Å². The number of benzene rings is 2. The van der Waals surface area contributed by atoms with Gasteiger partial charge >= 0.3 is 0 Å². The number of piperidine rings is 1. The maximum Gasteiger partial charge on any atom is 0.229 e. The zero-order valence-electron chi connectivity index (χ0n) is 22.6. The Balaban J connectivity index is 0.00000294. The number of rotatable bonds is 5. The minimum Gasteiger partial charge on any atom is -0.324 e. The second kappa shape index (κ2) is 10.8. The van der Waals surface area contributed by atoms with E-state index in [0.717, 1.165) is 72.3 Å². The molecule has 1 atom stereocenters. The van der Waals surface area contributed by atoms with E-state index >= 15 is 0 Å². The molecule has 9 heteroatoms. The molecule has 3 aromatic rings. The Kier molecular flexibility index (Phi) is 7.62. The SMILES string of the molecule is Cc1cccc(C)c1C1(N)NN(C)c2nc(Nc3ccc4c(c3)CN(CC3CCNCC3)CC4)ncc21.Cl. The first-order chi connectivity index (χ1) is 17.9. The van der Waals surface area contributed by atoms with Crippen molar-refractivity contribution in [2.24, 2.45) is 11.7 Å². The number of halogens is 1. The molecule has 1 saturated heterocycles. The maximum atomic E-state index is 6.98. The van der Waals surface area contributed by atoms with E-state index in [1.807, 2.05) is 18.3 Å². The molecule has 8 nitrogen and oxygen atoms in total. The number of hydrogen-bond acceptors (Lipinski definition) is 8. The van der Waals surface area contributed by atoms with Crippen LogP contribution in [-0.4, -0.2) is 48.1 Å². The fourth-order valence-electron chi connectivity index (χ4n) is 6.38. The number of nitrogens with zero attached hydrogens (tertiary/aromatic N) is 4. The van der Waals surface area contributed by atoms with Crippen molar-refractivity contribution in [1.29, 1.82) is 0 Å². The van der Waals surface area contributed by atoms with Gasteiger partial charge in [-0.2, -0.15) is 4.98 Å². The van der Waals surface area contributed by atoms with Crippen molar-refractivity contribution < 1.29 is 0 Å². The Morgan fingerprint density at radius 3 is 2.63 bits per heavy atom. The molecular formula is C29H39ClN8. The maximum absolute atomic E-state index is 6.98. The fraction of sp³-hybridized carbons (Fsp3) is 0.448. The largest absolute Gasteiger partial charge is 0.324 e. The van der Waals surface area contributed by atoms with Crippen LogP contribution in [-0.2, 0) is 18.6 Å². The molecule has 0 aliphatic carbocycles. The summed E-state index contributed by atoms with van der Waals surface area (Å²) >= 11 is 0. The molecule has 3 aliphatic rings. The van der Waals surface area contributed by atoms with E-state index in [0.29, 0.717) is 5.95 Å². The lowest BCUT2D eigenvalue weighted by atomic mass is 9.88. The summed E-state index contributed by atoms with van der Waals surface area (Å²) in [5.74, 6) is 2.17. The van der Waals surface area contributed by atoms with Crippen molar-refractivity contribution in [3.05, 3.63) is 76.0 Å². The van der Waals surface area contributed by atoms with Crippen LogP contribution >= 0.6 is 12.4 Å². The van der Waals surface area contributed by atoms with Crippen LogP contribution in [0.15, 0.2) is 42.6 Å². The molecule has 202 valence electrons. The Labute approximate surface area is 231 Å². The van der Waals surface area contributed by atoms with Crippen LogP contribution in [0.3, 0.4) is 0 Å². The highest BCUT2D eigenvalue weighted by Gasteiger charge is 2.43. The fourth-order valence-corrected chi connectivity index (χ4v) is 6.38. The van der Waals surface area contributed by atoms with Gasteiger partial charge in [-0.3, -0.25) is 9.91 Å². The molecular weight excluding hydrogens is 496 g/mol. The summed E-state index contributed by atoms with van der Waals surface area (Å²) in [6.45, 7) is 9.87. The average molecular weight is 535 g/mol. The summed E-state index contributed by atoms with van der Waals surface area (Å²) in [5.41, 5.74) is 17.6. The van der Waals surface area contributed by atoms with E-state index in [4.69, 9.17) is 10.7 Å². The van der Waals surface area contributed by atoms with Gasteiger partial charge in [-0.1, -0.05) is 24.3 Å². The first-order valence-electron chi connectivity index (χ1n) is 13.5. The standard InChI is InChI=1S/C29H38N8.ClH/c1-19-5-4-6-20(2)26(19)29(30)25-16-32-28(34-27(25)36(3)35-29)33-24-8-7-22-11-14-37(18-23(22)15-24)17-21-9-12-31-13-10-21;/h4-8,15-16,21,31,35H,9-14,17-18,30H2,1-3H3,(H,32,33,34);1H. The van der Waals surface area contributed by atoms with Crippen LogP contribution in [0.4, 0.5) is 17.5 Å². The molecule has 1 aromatic heterocycles. The Morgan fingerprint density at radius 1 is 1.11 bits per heavy atom. The van der Waals surface area contributed by atoms with Crippen molar-refractivity contribution in [3.63, 3.8) is 0 Å². The van der Waals surface area contributed by atoms with Gasteiger partial charge in [0.05, 0.1) is 5.56 Å². The molecule has 2 aromatic carbocycles. The summed E-state index contributed by atoms with van der Waals surface area (Å²) in [5, 5.41) is 8.83. The van der Waals surface area contributed by atoms with Crippen LogP contribution < -0.4 is 26.8 Å². The Bertz CT molecular complexity index is 1290. The van der Waals surface area contributed by atoms with Crippen molar-refractivity contribution in [1.82, 2.24) is 25.6 Å². The number of nitrogens with two attached hydrogens (primary N) is 1. The Morgan fingerprint density at radius 2 is 1.87 bits per heavy atom. The van der Waals surface area contributed by atoms with Gasteiger partial charge in [-0.25, -0.2) is 10.4 Å². The number of anilines is 3. The highest BCUT2D eigenvalue weighted by molar-refractivity contribution is 5.85. The summed E-state index contributed by atoms with van der Waals surface area (Å²) in [4.78, 5) is 12.2. The van der Waals surface area contributed by atoms with Gasteiger partial charge in [-0.05, 0) is 92.1 Å². The predicted octanol–water partition coefficient (Wildman–Crippen LogP) is 3.73. The van der Waals surface area contributed by atoms with E-state index in [2.05, 4.69) is 76.2 Å². The van der Waals surface area contributed by atoms with Crippen molar-refractivity contribution in [2.45, 2.75) is 45.3 Å². The summed E-state index contributed by atoms with van der Waals surface area (Å²) in [6, 6.07) is 12.9. The predicted molar refractivity (Wildman–Crippen MR) is 156 cm³/mol. The number of hydrogen-bond donors (Lipinski definition) is 4.